The van der Waals surface area contributed by atoms with Gasteiger partial charge in [0.1, 0.15) is 5.69 Å². The van der Waals surface area contributed by atoms with E-state index in [4.69, 9.17) is 10.5 Å². The second-order valence-corrected chi connectivity index (χ2v) is 3.63. The maximum atomic E-state index is 5.78. The Morgan fingerprint density at radius 2 is 2.15 bits per heavy atom. The SMILES string of the molecule is Cc1nn(C)c(OCC(C)C)c1N. The van der Waals surface area contributed by atoms with Crippen LogP contribution in [0.2, 0.25) is 0 Å². The third-order valence-electron chi connectivity index (χ3n) is 1.77. The minimum atomic E-state index is 0.495. The minimum Gasteiger partial charge on any atom is -0.476 e. The summed E-state index contributed by atoms with van der Waals surface area (Å²) < 4.78 is 7.20. The fourth-order valence-electron chi connectivity index (χ4n) is 1.07. The number of ether oxygens (including phenoxy) is 1. The number of anilines is 1. The van der Waals surface area contributed by atoms with Crippen molar-refractivity contribution in [2.75, 3.05) is 12.3 Å². The van der Waals surface area contributed by atoms with E-state index >= 15 is 0 Å². The van der Waals surface area contributed by atoms with Gasteiger partial charge in [-0.3, -0.25) is 0 Å². The highest BCUT2D eigenvalue weighted by molar-refractivity contribution is 5.52. The Bertz CT molecular complexity index is 291. The molecule has 1 rings (SSSR count). The standard InChI is InChI=1S/C9H17N3O/c1-6(2)5-13-9-8(10)7(3)11-12(9)4/h6H,5,10H2,1-4H3. The Kier molecular flexibility index (Phi) is 2.80. The van der Waals surface area contributed by atoms with Gasteiger partial charge < -0.3 is 10.5 Å². The predicted molar refractivity (Wildman–Crippen MR) is 52.7 cm³/mol. The molecule has 13 heavy (non-hydrogen) atoms. The zero-order valence-electron chi connectivity index (χ0n) is 8.66. The lowest BCUT2D eigenvalue weighted by Gasteiger charge is -2.08. The number of nitrogens with zero attached hydrogens (tertiary/aromatic N) is 2. The molecule has 4 heteroatoms. The van der Waals surface area contributed by atoms with E-state index in [9.17, 15) is 0 Å². The van der Waals surface area contributed by atoms with Gasteiger partial charge in [-0.15, -0.1) is 0 Å². The molecule has 0 aromatic carbocycles. The highest BCUT2D eigenvalue weighted by Crippen LogP contribution is 2.23. The number of hydrogen-bond acceptors (Lipinski definition) is 3. The molecule has 74 valence electrons. The molecular formula is C9H17N3O. The molecule has 0 aliphatic heterocycles. The van der Waals surface area contributed by atoms with Crippen molar-refractivity contribution in [2.45, 2.75) is 20.8 Å². The number of aryl methyl sites for hydroxylation is 2. The van der Waals surface area contributed by atoms with Crippen LogP contribution in [0, 0.1) is 12.8 Å². The van der Waals surface area contributed by atoms with Crippen molar-refractivity contribution in [3.63, 3.8) is 0 Å². The molecule has 1 aromatic heterocycles. The quantitative estimate of drug-likeness (QED) is 0.769. The monoisotopic (exact) mass is 183 g/mol. The van der Waals surface area contributed by atoms with Crippen molar-refractivity contribution < 1.29 is 4.74 Å². The van der Waals surface area contributed by atoms with Gasteiger partial charge in [-0.25, -0.2) is 4.68 Å². The molecule has 1 heterocycles. The Balaban J connectivity index is 2.76. The summed E-state index contributed by atoms with van der Waals surface area (Å²) in [4.78, 5) is 0. The van der Waals surface area contributed by atoms with E-state index in [-0.39, 0.29) is 0 Å². The van der Waals surface area contributed by atoms with Gasteiger partial charge in [0, 0.05) is 7.05 Å². The van der Waals surface area contributed by atoms with Gasteiger partial charge in [0.15, 0.2) is 0 Å². The van der Waals surface area contributed by atoms with Gasteiger partial charge in [-0.05, 0) is 12.8 Å². The van der Waals surface area contributed by atoms with Crippen molar-refractivity contribution in [3.8, 4) is 5.88 Å². The van der Waals surface area contributed by atoms with E-state index < -0.39 is 0 Å². The zero-order valence-corrected chi connectivity index (χ0v) is 8.66. The molecule has 2 N–H and O–H groups in total. The third-order valence-corrected chi connectivity index (χ3v) is 1.77. The summed E-state index contributed by atoms with van der Waals surface area (Å²) in [6.07, 6.45) is 0. The molecule has 0 saturated carbocycles. The predicted octanol–water partition coefficient (Wildman–Crippen LogP) is 1.35. The molecule has 0 fully saturated rings. The summed E-state index contributed by atoms with van der Waals surface area (Å²) in [5.41, 5.74) is 7.24. The molecule has 0 unspecified atom stereocenters. The van der Waals surface area contributed by atoms with Crippen LogP contribution in [0.15, 0.2) is 0 Å². The Morgan fingerprint density at radius 3 is 2.54 bits per heavy atom. The minimum absolute atomic E-state index is 0.495. The fourth-order valence-corrected chi connectivity index (χ4v) is 1.07. The molecular weight excluding hydrogens is 166 g/mol. The van der Waals surface area contributed by atoms with Crippen LogP contribution in [0.5, 0.6) is 5.88 Å². The van der Waals surface area contributed by atoms with E-state index in [2.05, 4.69) is 18.9 Å². The first-order valence-corrected chi connectivity index (χ1v) is 4.44. The molecule has 4 nitrogen and oxygen atoms in total. The Labute approximate surface area is 78.7 Å². The number of aromatic nitrogens is 2. The topological polar surface area (TPSA) is 53.1 Å². The van der Waals surface area contributed by atoms with Crippen LogP contribution < -0.4 is 10.5 Å². The molecule has 1 aromatic rings. The molecule has 0 atom stereocenters. The second kappa shape index (κ2) is 3.68. The second-order valence-electron chi connectivity index (χ2n) is 3.63. The van der Waals surface area contributed by atoms with Gasteiger partial charge in [-0.1, -0.05) is 13.8 Å². The lowest BCUT2D eigenvalue weighted by molar-refractivity contribution is 0.251. The van der Waals surface area contributed by atoms with Crippen LogP contribution in [0.3, 0.4) is 0 Å². The van der Waals surface area contributed by atoms with Gasteiger partial charge in [0.05, 0.1) is 12.3 Å². The molecule has 0 bridgehead atoms. The van der Waals surface area contributed by atoms with Gasteiger partial charge in [0.25, 0.3) is 0 Å². The molecule has 0 amide bonds. The number of hydrogen-bond donors (Lipinski definition) is 1. The summed E-state index contributed by atoms with van der Waals surface area (Å²) in [5.74, 6) is 1.17. The number of nitrogen functional groups attached to an aromatic ring is 1. The fraction of sp³-hybridized carbons (Fsp3) is 0.667. The van der Waals surface area contributed by atoms with Crippen LogP contribution in [0.4, 0.5) is 5.69 Å². The van der Waals surface area contributed by atoms with Gasteiger partial charge >= 0.3 is 0 Å². The maximum Gasteiger partial charge on any atom is 0.235 e. The lowest BCUT2D eigenvalue weighted by atomic mass is 10.2. The zero-order chi connectivity index (χ0) is 10.0. The summed E-state index contributed by atoms with van der Waals surface area (Å²) in [6, 6.07) is 0. The summed E-state index contributed by atoms with van der Waals surface area (Å²) in [6.45, 7) is 6.74. The first-order valence-electron chi connectivity index (χ1n) is 4.44. The van der Waals surface area contributed by atoms with Crippen LogP contribution in [0.25, 0.3) is 0 Å². The number of rotatable bonds is 3. The average molecular weight is 183 g/mol. The summed E-state index contributed by atoms with van der Waals surface area (Å²) >= 11 is 0. The first kappa shape index (κ1) is 9.89. The van der Waals surface area contributed by atoms with Crippen LogP contribution in [-0.2, 0) is 7.05 Å². The normalized spacial score (nSPS) is 10.8. The Hall–Kier alpha value is -1.19. The van der Waals surface area contributed by atoms with Crippen LogP contribution in [-0.4, -0.2) is 16.4 Å². The highest BCUT2D eigenvalue weighted by atomic mass is 16.5. The van der Waals surface area contributed by atoms with Crippen LogP contribution in [0.1, 0.15) is 19.5 Å². The van der Waals surface area contributed by atoms with E-state index in [0.29, 0.717) is 24.1 Å². The smallest absolute Gasteiger partial charge is 0.235 e. The van der Waals surface area contributed by atoms with Crippen molar-refractivity contribution in [3.05, 3.63) is 5.69 Å². The lowest BCUT2D eigenvalue weighted by Crippen LogP contribution is -2.08. The largest absolute Gasteiger partial charge is 0.476 e. The highest BCUT2D eigenvalue weighted by Gasteiger charge is 2.11. The van der Waals surface area contributed by atoms with E-state index in [1.54, 1.807) is 4.68 Å². The van der Waals surface area contributed by atoms with Crippen molar-refractivity contribution in [2.24, 2.45) is 13.0 Å². The summed E-state index contributed by atoms with van der Waals surface area (Å²) in [5, 5.41) is 4.16. The van der Waals surface area contributed by atoms with Gasteiger partial charge in [0.2, 0.25) is 5.88 Å². The van der Waals surface area contributed by atoms with Gasteiger partial charge in [-0.2, -0.15) is 5.10 Å². The van der Waals surface area contributed by atoms with E-state index in [1.165, 1.54) is 0 Å². The first-order chi connectivity index (χ1) is 6.02. The molecule has 0 spiro atoms. The molecule has 0 saturated heterocycles. The molecule has 0 aliphatic carbocycles. The van der Waals surface area contributed by atoms with Crippen molar-refractivity contribution >= 4 is 5.69 Å². The Morgan fingerprint density at radius 1 is 1.54 bits per heavy atom. The van der Waals surface area contributed by atoms with Crippen molar-refractivity contribution in [1.82, 2.24) is 9.78 Å². The average Bonchev–Trinajstić information content (AvgIpc) is 2.24. The van der Waals surface area contributed by atoms with Crippen molar-refractivity contribution in [1.29, 1.82) is 0 Å². The molecule has 0 radical (unpaired) electrons. The maximum absolute atomic E-state index is 5.78. The van der Waals surface area contributed by atoms with Crippen LogP contribution >= 0.6 is 0 Å². The van der Waals surface area contributed by atoms with E-state index in [0.717, 1.165) is 5.69 Å². The summed E-state index contributed by atoms with van der Waals surface area (Å²) in [7, 11) is 1.83. The molecule has 0 aliphatic rings. The van der Waals surface area contributed by atoms with E-state index in [1.807, 2.05) is 14.0 Å². The number of nitrogens with two attached hydrogens (primary N) is 1. The third kappa shape index (κ3) is 2.14.